The summed E-state index contributed by atoms with van der Waals surface area (Å²) in [5, 5.41) is 6.07. The minimum Gasteiger partial charge on any atom is -0.484 e. The van der Waals surface area contributed by atoms with Crippen molar-refractivity contribution < 1.29 is 14.3 Å². The lowest BCUT2D eigenvalue weighted by atomic mass is 10.1. The molecular weight excluding hydrogens is 456 g/mol. The molecule has 0 radical (unpaired) electrons. The van der Waals surface area contributed by atoms with E-state index in [0.29, 0.717) is 54.3 Å². The molecular formula is C25H27ClN4O4. The molecule has 178 valence electrons. The Labute approximate surface area is 202 Å². The highest BCUT2D eigenvalue weighted by molar-refractivity contribution is 6.30. The normalized spacial score (nSPS) is 14.0. The molecule has 4 rings (SSSR count). The van der Waals surface area contributed by atoms with E-state index < -0.39 is 0 Å². The fourth-order valence-corrected chi connectivity index (χ4v) is 4.06. The van der Waals surface area contributed by atoms with Crippen LogP contribution in [0.1, 0.15) is 24.3 Å². The van der Waals surface area contributed by atoms with Gasteiger partial charge in [0.15, 0.2) is 12.3 Å². The van der Waals surface area contributed by atoms with E-state index in [0.717, 1.165) is 0 Å². The molecule has 0 saturated carbocycles. The highest BCUT2D eigenvalue weighted by Gasteiger charge is 2.27. The van der Waals surface area contributed by atoms with Crippen molar-refractivity contribution in [1.29, 1.82) is 0 Å². The first kappa shape index (κ1) is 23.8. The molecule has 3 aromatic rings. The predicted molar refractivity (Wildman–Crippen MR) is 130 cm³/mol. The summed E-state index contributed by atoms with van der Waals surface area (Å²) in [5.74, 6) is 0.398. The first-order valence-corrected chi connectivity index (χ1v) is 11.7. The second-order valence-electron chi connectivity index (χ2n) is 8.69. The van der Waals surface area contributed by atoms with Crippen molar-refractivity contribution in [2.45, 2.75) is 20.4 Å². The summed E-state index contributed by atoms with van der Waals surface area (Å²) in [6.45, 7) is 5.91. The van der Waals surface area contributed by atoms with Crippen LogP contribution in [0.25, 0.3) is 10.8 Å². The van der Waals surface area contributed by atoms with Crippen LogP contribution in [0.15, 0.2) is 53.3 Å². The van der Waals surface area contributed by atoms with Crippen molar-refractivity contribution >= 4 is 34.2 Å². The number of benzene rings is 2. The Balaban J connectivity index is 1.44. The van der Waals surface area contributed by atoms with E-state index in [1.165, 1.54) is 4.68 Å². The van der Waals surface area contributed by atoms with E-state index in [-0.39, 0.29) is 35.6 Å². The maximum atomic E-state index is 13.4. The van der Waals surface area contributed by atoms with Crippen LogP contribution < -0.4 is 10.3 Å². The molecule has 0 spiro atoms. The molecule has 0 unspecified atom stereocenters. The third-order valence-corrected chi connectivity index (χ3v) is 5.96. The van der Waals surface area contributed by atoms with Gasteiger partial charge in [0.2, 0.25) is 0 Å². The van der Waals surface area contributed by atoms with E-state index >= 15 is 0 Å². The maximum absolute atomic E-state index is 13.4. The van der Waals surface area contributed by atoms with Crippen LogP contribution >= 0.6 is 11.6 Å². The third-order valence-electron chi connectivity index (χ3n) is 5.70. The Hall–Kier alpha value is -3.39. The topological polar surface area (TPSA) is 84.7 Å². The van der Waals surface area contributed by atoms with Gasteiger partial charge in [0.1, 0.15) is 5.75 Å². The van der Waals surface area contributed by atoms with E-state index in [2.05, 4.69) is 5.10 Å². The predicted octanol–water partition coefficient (Wildman–Crippen LogP) is 3.07. The highest BCUT2D eigenvalue weighted by Crippen LogP contribution is 2.18. The second-order valence-corrected chi connectivity index (χ2v) is 9.13. The molecule has 1 fully saturated rings. The summed E-state index contributed by atoms with van der Waals surface area (Å²) in [7, 11) is 0. The smallest absolute Gasteiger partial charge is 0.275 e. The molecule has 1 saturated heterocycles. The van der Waals surface area contributed by atoms with E-state index in [4.69, 9.17) is 16.3 Å². The van der Waals surface area contributed by atoms with Crippen LogP contribution in [0.4, 0.5) is 0 Å². The van der Waals surface area contributed by atoms with Gasteiger partial charge in [-0.25, -0.2) is 4.68 Å². The molecule has 9 heteroatoms. The summed E-state index contributed by atoms with van der Waals surface area (Å²) in [6, 6.07) is 13.9. The first-order chi connectivity index (χ1) is 16.3. The molecule has 34 heavy (non-hydrogen) atoms. The van der Waals surface area contributed by atoms with Crippen molar-refractivity contribution in [2.75, 3.05) is 32.8 Å². The number of ether oxygens (including phenoxy) is 1. The molecule has 1 aliphatic heterocycles. The van der Waals surface area contributed by atoms with E-state index in [1.54, 1.807) is 58.3 Å². The minimum absolute atomic E-state index is 0.0814. The Morgan fingerprint density at radius 1 is 0.971 bits per heavy atom. The van der Waals surface area contributed by atoms with Gasteiger partial charge in [-0.15, -0.1) is 0 Å². The second kappa shape index (κ2) is 10.3. The number of fused-ring (bicyclic) bond motifs is 1. The summed E-state index contributed by atoms with van der Waals surface area (Å²) >= 11 is 5.87. The molecule has 1 aliphatic rings. The van der Waals surface area contributed by atoms with Gasteiger partial charge in [0.25, 0.3) is 17.4 Å². The van der Waals surface area contributed by atoms with Crippen LogP contribution in [-0.2, 0) is 11.3 Å². The number of piperazine rings is 1. The average Bonchev–Trinajstić information content (AvgIpc) is 2.84. The first-order valence-electron chi connectivity index (χ1n) is 11.3. The summed E-state index contributed by atoms with van der Waals surface area (Å²) in [6.07, 6.45) is 0. The fraction of sp³-hybridized carbons (Fsp3) is 0.360. The zero-order valence-corrected chi connectivity index (χ0v) is 20.0. The molecule has 8 nitrogen and oxygen atoms in total. The Morgan fingerprint density at radius 2 is 1.59 bits per heavy atom. The molecule has 2 amide bonds. The molecule has 0 N–H and O–H groups in total. The molecule has 2 heterocycles. The van der Waals surface area contributed by atoms with Crippen molar-refractivity contribution in [3.05, 3.63) is 69.6 Å². The number of rotatable bonds is 6. The van der Waals surface area contributed by atoms with Crippen molar-refractivity contribution in [3.63, 3.8) is 0 Å². The zero-order chi connectivity index (χ0) is 24.2. The van der Waals surface area contributed by atoms with Crippen LogP contribution in [0.3, 0.4) is 0 Å². The van der Waals surface area contributed by atoms with Crippen LogP contribution in [-0.4, -0.2) is 64.2 Å². The average molecular weight is 483 g/mol. The van der Waals surface area contributed by atoms with Gasteiger partial charge >= 0.3 is 0 Å². The number of hydrogen-bond acceptors (Lipinski definition) is 5. The van der Waals surface area contributed by atoms with Gasteiger partial charge in [0.05, 0.1) is 5.39 Å². The number of halogens is 1. The Kier molecular flexibility index (Phi) is 7.17. The fourth-order valence-electron chi connectivity index (χ4n) is 3.94. The van der Waals surface area contributed by atoms with Gasteiger partial charge in [-0.1, -0.05) is 43.6 Å². The number of carbonyl (C=O) groups excluding carboxylic acids is 2. The quantitative estimate of drug-likeness (QED) is 0.539. The number of hydrogen-bond donors (Lipinski definition) is 0. The molecule has 0 aliphatic carbocycles. The van der Waals surface area contributed by atoms with Crippen LogP contribution in [0, 0.1) is 5.92 Å². The lowest BCUT2D eigenvalue weighted by Crippen LogP contribution is -2.52. The Morgan fingerprint density at radius 3 is 2.24 bits per heavy atom. The minimum atomic E-state index is -0.238. The highest BCUT2D eigenvalue weighted by atomic mass is 35.5. The maximum Gasteiger partial charge on any atom is 0.275 e. The SMILES string of the molecule is CC(C)Cn1nc(C(=O)N2CCN(C(=O)COc3ccc(Cl)cc3)CC2)c2ccccc2c1=O. The van der Waals surface area contributed by atoms with Gasteiger partial charge in [-0.2, -0.15) is 5.10 Å². The largest absolute Gasteiger partial charge is 0.484 e. The van der Waals surface area contributed by atoms with Crippen LogP contribution in [0.2, 0.25) is 5.02 Å². The van der Waals surface area contributed by atoms with Crippen molar-refractivity contribution in [1.82, 2.24) is 19.6 Å². The molecule has 0 bridgehead atoms. The lowest BCUT2D eigenvalue weighted by molar-refractivity contribution is -0.134. The van der Waals surface area contributed by atoms with Gasteiger partial charge < -0.3 is 14.5 Å². The zero-order valence-electron chi connectivity index (χ0n) is 19.2. The van der Waals surface area contributed by atoms with Crippen molar-refractivity contribution in [3.8, 4) is 5.75 Å². The van der Waals surface area contributed by atoms with Crippen LogP contribution in [0.5, 0.6) is 5.75 Å². The number of nitrogens with zero attached hydrogens (tertiary/aromatic N) is 4. The van der Waals surface area contributed by atoms with Gasteiger partial charge in [-0.05, 0) is 36.2 Å². The van der Waals surface area contributed by atoms with Crippen molar-refractivity contribution in [2.24, 2.45) is 5.92 Å². The number of carbonyl (C=O) groups is 2. The number of amides is 2. The molecule has 2 aromatic carbocycles. The number of aromatic nitrogens is 2. The standard InChI is InChI=1S/C25H27ClN4O4/c1-17(2)15-30-24(32)21-6-4-3-5-20(21)23(27-30)25(33)29-13-11-28(12-14-29)22(31)16-34-19-9-7-18(26)8-10-19/h3-10,17H,11-16H2,1-2H3. The summed E-state index contributed by atoms with van der Waals surface area (Å²) < 4.78 is 6.93. The lowest BCUT2D eigenvalue weighted by Gasteiger charge is -2.34. The Bertz CT molecular complexity index is 1250. The van der Waals surface area contributed by atoms with Gasteiger partial charge in [0, 0.05) is 43.1 Å². The summed E-state index contributed by atoms with van der Waals surface area (Å²) in [5.41, 5.74) is 0.0682. The molecule has 1 aromatic heterocycles. The van der Waals surface area contributed by atoms with E-state index in [1.807, 2.05) is 13.8 Å². The molecule has 0 atom stereocenters. The monoisotopic (exact) mass is 482 g/mol. The third kappa shape index (κ3) is 5.22. The van der Waals surface area contributed by atoms with Gasteiger partial charge in [-0.3, -0.25) is 14.4 Å². The summed E-state index contributed by atoms with van der Waals surface area (Å²) in [4.78, 5) is 42.1. The van der Waals surface area contributed by atoms with E-state index in [9.17, 15) is 14.4 Å².